The number of halogens is 2. The number of methoxy groups -OCH3 is 1. The maximum Gasteiger partial charge on any atom is 0.328 e. The van der Waals surface area contributed by atoms with Gasteiger partial charge in [-0.15, -0.1) is 0 Å². The molecule has 1 atom stereocenters. The van der Waals surface area contributed by atoms with Gasteiger partial charge >= 0.3 is 5.97 Å². The lowest BCUT2D eigenvalue weighted by molar-refractivity contribution is -0.141. The number of anilines is 1. The standard InChI is InChI=1S/C11H13BrClNO2/c1-3-9(11(15)16-2)14-10-6-7(13)4-5-8(10)12/h4-6,9,14H,3H2,1-2H3. The first-order valence-electron chi connectivity index (χ1n) is 4.88. The Morgan fingerprint density at radius 3 is 2.88 bits per heavy atom. The Kier molecular flexibility index (Phi) is 5.09. The topological polar surface area (TPSA) is 38.3 Å². The van der Waals surface area contributed by atoms with Crippen molar-refractivity contribution < 1.29 is 9.53 Å². The predicted molar refractivity (Wildman–Crippen MR) is 68.9 cm³/mol. The Labute approximate surface area is 108 Å². The molecule has 3 nitrogen and oxygen atoms in total. The Hall–Kier alpha value is -0.740. The van der Waals surface area contributed by atoms with Crippen LogP contribution in [0.1, 0.15) is 13.3 Å². The van der Waals surface area contributed by atoms with E-state index in [-0.39, 0.29) is 12.0 Å². The molecule has 1 aromatic rings. The van der Waals surface area contributed by atoms with E-state index in [1.54, 1.807) is 12.1 Å². The zero-order chi connectivity index (χ0) is 12.1. The molecular weight excluding hydrogens is 293 g/mol. The average Bonchev–Trinajstić information content (AvgIpc) is 2.29. The van der Waals surface area contributed by atoms with E-state index in [1.807, 2.05) is 13.0 Å². The maximum absolute atomic E-state index is 11.4. The molecule has 0 saturated carbocycles. The first kappa shape index (κ1) is 13.3. The lowest BCUT2D eigenvalue weighted by Crippen LogP contribution is -2.29. The summed E-state index contributed by atoms with van der Waals surface area (Å²) < 4.78 is 5.56. The Balaban J connectivity index is 2.85. The van der Waals surface area contributed by atoms with Crippen molar-refractivity contribution in [3.63, 3.8) is 0 Å². The molecule has 0 aromatic heterocycles. The first-order valence-corrected chi connectivity index (χ1v) is 6.05. The van der Waals surface area contributed by atoms with Crippen LogP contribution in [0.2, 0.25) is 5.02 Å². The summed E-state index contributed by atoms with van der Waals surface area (Å²) in [5.41, 5.74) is 0.782. The van der Waals surface area contributed by atoms with E-state index in [9.17, 15) is 4.79 Å². The zero-order valence-corrected chi connectivity index (χ0v) is 11.4. The summed E-state index contributed by atoms with van der Waals surface area (Å²) in [6.07, 6.45) is 0.644. The zero-order valence-electron chi connectivity index (χ0n) is 9.09. The van der Waals surface area contributed by atoms with Crippen LogP contribution in [0.25, 0.3) is 0 Å². The van der Waals surface area contributed by atoms with Crippen molar-refractivity contribution in [2.24, 2.45) is 0 Å². The quantitative estimate of drug-likeness (QED) is 0.866. The molecule has 16 heavy (non-hydrogen) atoms. The van der Waals surface area contributed by atoms with Crippen LogP contribution in [0.5, 0.6) is 0 Å². The molecule has 0 bridgehead atoms. The molecular formula is C11H13BrClNO2. The Morgan fingerprint density at radius 2 is 2.31 bits per heavy atom. The van der Waals surface area contributed by atoms with Crippen LogP contribution in [-0.2, 0) is 9.53 Å². The molecule has 0 spiro atoms. The normalized spacial score (nSPS) is 12.0. The Morgan fingerprint density at radius 1 is 1.62 bits per heavy atom. The van der Waals surface area contributed by atoms with Gasteiger partial charge in [0.2, 0.25) is 0 Å². The minimum Gasteiger partial charge on any atom is -0.467 e. The third-order valence-electron chi connectivity index (χ3n) is 2.15. The molecule has 1 aromatic carbocycles. The monoisotopic (exact) mass is 305 g/mol. The van der Waals surface area contributed by atoms with E-state index in [0.29, 0.717) is 11.4 Å². The van der Waals surface area contributed by atoms with Crippen molar-refractivity contribution in [1.29, 1.82) is 0 Å². The van der Waals surface area contributed by atoms with Crippen LogP contribution in [-0.4, -0.2) is 19.1 Å². The van der Waals surface area contributed by atoms with Crippen molar-refractivity contribution >= 4 is 39.2 Å². The number of carbonyl (C=O) groups excluding carboxylic acids is 1. The molecule has 0 radical (unpaired) electrons. The Bertz CT molecular complexity index is 384. The third kappa shape index (κ3) is 3.39. The number of rotatable bonds is 4. The third-order valence-corrected chi connectivity index (χ3v) is 3.08. The van der Waals surface area contributed by atoms with Crippen molar-refractivity contribution in [2.45, 2.75) is 19.4 Å². The highest BCUT2D eigenvalue weighted by Crippen LogP contribution is 2.26. The summed E-state index contributed by atoms with van der Waals surface area (Å²) in [5.74, 6) is -0.283. The van der Waals surface area contributed by atoms with Gasteiger partial charge in [-0.3, -0.25) is 0 Å². The summed E-state index contributed by atoms with van der Waals surface area (Å²) in [7, 11) is 1.37. The number of carbonyl (C=O) groups is 1. The summed E-state index contributed by atoms with van der Waals surface area (Å²) in [4.78, 5) is 11.4. The van der Waals surface area contributed by atoms with Crippen molar-refractivity contribution in [1.82, 2.24) is 0 Å². The van der Waals surface area contributed by atoms with Crippen LogP contribution in [0.3, 0.4) is 0 Å². The van der Waals surface area contributed by atoms with Gasteiger partial charge in [0.1, 0.15) is 6.04 Å². The van der Waals surface area contributed by atoms with Crippen LogP contribution in [0.4, 0.5) is 5.69 Å². The molecule has 0 aliphatic rings. The summed E-state index contributed by atoms with van der Waals surface area (Å²) in [6.45, 7) is 1.91. The average molecular weight is 307 g/mol. The minimum atomic E-state index is -0.361. The molecule has 0 amide bonds. The van der Waals surface area contributed by atoms with Crippen LogP contribution in [0.15, 0.2) is 22.7 Å². The molecule has 1 N–H and O–H groups in total. The van der Waals surface area contributed by atoms with E-state index in [1.165, 1.54) is 7.11 Å². The smallest absolute Gasteiger partial charge is 0.328 e. The molecule has 0 fully saturated rings. The number of benzene rings is 1. The predicted octanol–water partition coefficient (Wildman–Crippen LogP) is 3.47. The number of esters is 1. The highest BCUT2D eigenvalue weighted by Gasteiger charge is 2.17. The van der Waals surface area contributed by atoms with Gasteiger partial charge in [-0.25, -0.2) is 4.79 Å². The molecule has 0 aliphatic carbocycles. The second-order valence-corrected chi connectivity index (χ2v) is 4.54. The van der Waals surface area contributed by atoms with Gasteiger partial charge in [0, 0.05) is 9.50 Å². The maximum atomic E-state index is 11.4. The van der Waals surface area contributed by atoms with Gasteiger partial charge < -0.3 is 10.1 Å². The van der Waals surface area contributed by atoms with Crippen LogP contribution >= 0.6 is 27.5 Å². The van der Waals surface area contributed by atoms with Crippen molar-refractivity contribution in [3.8, 4) is 0 Å². The SMILES string of the molecule is CCC(Nc1cc(Cl)ccc1Br)C(=O)OC. The second kappa shape index (κ2) is 6.11. The highest BCUT2D eigenvalue weighted by atomic mass is 79.9. The number of nitrogens with one attached hydrogen (secondary N) is 1. The largest absolute Gasteiger partial charge is 0.467 e. The highest BCUT2D eigenvalue weighted by molar-refractivity contribution is 9.10. The fraction of sp³-hybridized carbons (Fsp3) is 0.364. The van der Waals surface area contributed by atoms with Gasteiger partial charge in [0.25, 0.3) is 0 Å². The van der Waals surface area contributed by atoms with Gasteiger partial charge in [-0.05, 0) is 40.5 Å². The lowest BCUT2D eigenvalue weighted by atomic mass is 10.2. The molecule has 0 aliphatic heterocycles. The molecule has 1 rings (SSSR count). The van der Waals surface area contributed by atoms with Crippen LogP contribution < -0.4 is 5.32 Å². The van der Waals surface area contributed by atoms with E-state index < -0.39 is 0 Å². The summed E-state index contributed by atoms with van der Waals surface area (Å²) >= 11 is 9.27. The van der Waals surface area contributed by atoms with Crippen molar-refractivity contribution in [2.75, 3.05) is 12.4 Å². The molecule has 0 saturated heterocycles. The van der Waals surface area contributed by atoms with E-state index in [2.05, 4.69) is 21.2 Å². The summed E-state index contributed by atoms with van der Waals surface area (Å²) in [5, 5.41) is 3.70. The minimum absolute atomic E-state index is 0.283. The molecule has 5 heteroatoms. The number of ether oxygens (including phenoxy) is 1. The van der Waals surface area contributed by atoms with E-state index in [4.69, 9.17) is 16.3 Å². The van der Waals surface area contributed by atoms with E-state index >= 15 is 0 Å². The second-order valence-electron chi connectivity index (χ2n) is 3.25. The molecule has 1 unspecified atom stereocenters. The lowest BCUT2D eigenvalue weighted by Gasteiger charge is -2.17. The van der Waals surface area contributed by atoms with Crippen molar-refractivity contribution in [3.05, 3.63) is 27.7 Å². The van der Waals surface area contributed by atoms with Crippen LogP contribution in [0, 0.1) is 0 Å². The molecule has 0 heterocycles. The fourth-order valence-electron chi connectivity index (χ4n) is 1.27. The molecule has 88 valence electrons. The first-order chi connectivity index (χ1) is 7.58. The number of hydrogen-bond donors (Lipinski definition) is 1. The van der Waals surface area contributed by atoms with Gasteiger partial charge in [-0.1, -0.05) is 18.5 Å². The van der Waals surface area contributed by atoms with Gasteiger partial charge in [-0.2, -0.15) is 0 Å². The summed E-state index contributed by atoms with van der Waals surface area (Å²) in [6, 6.07) is 5.00. The van der Waals surface area contributed by atoms with Gasteiger partial charge in [0.15, 0.2) is 0 Å². The van der Waals surface area contributed by atoms with Gasteiger partial charge in [0.05, 0.1) is 12.8 Å². The fourth-order valence-corrected chi connectivity index (χ4v) is 1.80. The number of hydrogen-bond acceptors (Lipinski definition) is 3. The van der Waals surface area contributed by atoms with E-state index in [0.717, 1.165) is 10.2 Å².